The van der Waals surface area contributed by atoms with Crippen LogP contribution in [0.2, 0.25) is 0 Å². The van der Waals surface area contributed by atoms with Crippen LogP contribution in [-0.4, -0.2) is 33.3 Å². The molecule has 2 rings (SSSR count). The predicted molar refractivity (Wildman–Crippen MR) is 96.2 cm³/mol. The number of amides is 1. The van der Waals surface area contributed by atoms with E-state index in [0.717, 1.165) is 53.4 Å². The van der Waals surface area contributed by atoms with Crippen molar-refractivity contribution in [3.8, 4) is 0 Å². The highest BCUT2D eigenvalue weighted by Gasteiger charge is 2.33. The third-order valence-corrected chi connectivity index (χ3v) is 6.14. The maximum Gasteiger partial charge on any atom is 0.416 e. The second-order valence-electron chi connectivity index (χ2n) is 5.01. The van der Waals surface area contributed by atoms with Gasteiger partial charge in [-0.15, -0.1) is 10.2 Å². The van der Waals surface area contributed by atoms with E-state index in [1.54, 1.807) is 0 Å². The molecule has 0 saturated carbocycles. The van der Waals surface area contributed by atoms with Crippen molar-refractivity contribution in [2.24, 2.45) is 0 Å². The van der Waals surface area contributed by atoms with E-state index in [2.05, 4.69) is 15.5 Å². The number of rotatable bonds is 8. The average molecular weight is 438 g/mol. The Morgan fingerprint density at radius 3 is 2.67 bits per heavy atom. The van der Waals surface area contributed by atoms with Crippen LogP contribution < -0.4 is 5.32 Å². The van der Waals surface area contributed by atoms with Crippen molar-refractivity contribution in [3.63, 3.8) is 0 Å². The van der Waals surface area contributed by atoms with Crippen LogP contribution in [0, 0.1) is 10.1 Å². The van der Waals surface area contributed by atoms with Gasteiger partial charge in [-0.3, -0.25) is 14.9 Å². The molecule has 13 heteroatoms. The number of carbonyl (C=O) groups excluding carboxylic acids is 1. The van der Waals surface area contributed by atoms with Gasteiger partial charge in [0.2, 0.25) is 5.91 Å². The lowest BCUT2D eigenvalue weighted by atomic mass is 10.2. The molecule has 1 amide bonds. The minimum atomic E-state index is -4.67. The fourth-order valence-corrected chi connectivity index (χ4v) is 4.65. The van der Waals surface area contributed by atoms with Gasteiger partial charge in [0, 0.05) is 12.6 Å². The molecule has 27 heavy (non-hydrogen) atoms. The first-order valence-electron chi connectivity index (χ1n) is 7.47. The van der Waals surface area contributed by atoms with Gasteiger partial charge in [0.25, 0.3) is 5.69 Å². The Balaban J connectivity index is 2.08. The minimum absolute atomic E-state index is 0.0291. The molecule has 0 radical (unpaired) electrons. The average Bonchev–Trinajstić information content (AvgIpc) is 3.04. The van der Waals surface area contributed by atoms with Gasteiger partial charge in [0.1, 0.15) is 0 Å². The van der Waals surface area contributed by atoms with Crippen LogP contribution in [0.3, 0.4) is 0 Å². The highest BCUT2D eigenvalue weighted by atomic mass is 32.2. The molecule has 1 heterocycles. The normalized spacial score (nSPS) is 11.4. The largest absolute Gasteiger partial charge is 0.416 e. The topological polar surface area (TPSA) is 98.0 Å². The summed E-state index contributed by atoms with van der Waals surface area (Å²) >= 11 is 3.12. The standard InChI is InChI=1S/C14H13F3N4O3S3/c1-2-5-18-11(22)7-25-12-19-20-13(27-12)26-10-4-3-8(14(15,16)17)6-9(10)21(23)24/h3-4,6H,2,5,7H2,1H3,(H,18,22). The molecule has 0 bridgehead atoms. The van der Waals surface area contributed by atoms with Crippen LogP contribution in [0.1, 0.15) is 18.9 Å². The number of nitro benzene ring substituents is 1. The van der Waals surface area contributed by atoms with Crippen LogP contribution >= 0.6 is 34.9 Å². The molecule has 2 aromatic rings. The smallest absolute Gasteiger partial charge is 0.355 e. The Kier molecular flexibility index (Phi) is 7.44. The Morgan fingerprint density at radius 1 is 1.33 bits per heavy atom. The molecular weight excluding hydrogens is 425 g/mol. The van der Waals surface area contributed by atoms with E-state index in [4.69, 9.17) is 0 Å². The lowest BCUT2D eigenvalue weighted by molar-refractivity contribution is -0.388. The molecule has 0 aliphatic carbocycles. The summed E-state index contributed by atoms with van der Waals surface area (Å²) in [7, 11) is 0. The van der Waals surface area contributed by atoms with Crippen molar-refractivity contribution in [2.75, 3.05) is 12.3 Å². The third-order valence-electron chi connectivity index (χ3n) is 2.97. The number of nitro groups is 1. The van der Waals surface area contributed by atoms with Gasteiger partial charge in [0.15, 0.2) is 8.68 Å². The fraction of sp³-hybridized carbons (Fsp3) is 0.357. The lowest BCUT2D eigenvalue weighted by Crippen LogP contribution is -2.25. The molecular formula is C14H13F3N4O3S3. The van der Waals surface area contributed by atoms with E-state index in [-0.39, 0.29) is 16.6 Å². The number of hydrogen-bond donors (Lipinski definition) is 1. The van der Waals surface area contributed by atoms with Crippen molar-refractivity contribution in [3.05, 3.63) is 33.9 Å². The second kappa shape index (κ2) is 9.37. The number of thioether (sulfide) groups is 1. The number of carbonyl (C=O) groups is 1. The summed E-state index contributed by atoms with van der Waals surface area (Å²) in [4.78, 5) is 21.8. The van der Waals surface area contributed by atoms with Crippen LogP contribution in [-0.2, 0) is 11.0 Å². The van der Waals surface area contributed by atoms with E-state index < -0.39 is 22.4 Å². The molecule has 7 nitrogen and oxygen atoms in total. The van der Waals surface area contributed by atoms with Gasteiger partial charge in [-0.05, 0) is 18.6 Å². The molecule has 0 unspecified atom stereocenters. The van der Waals surface area contributed by atoms with E-state index >= 15 is 0 Å². The van der Waals surface area contributed by atoms with Crippen LogP contribution in [0.5, 0.6) is 0 Å². The monoisotopic (exact) mass is 438 g/mol. The number of nitrogens with zero attached hydrogens (tertiary/aromatic N) is 3. The minimum Gasteiger partial charge on any atom is -0.355 e. The van der Waals surface area contributed by atoms with Crippen LogP contribution in [0.15, 0.2) is 31.8 Å². The van der Waals surface area contributed by atoms with E-state index in [1.165, 1.54) is 0 Å². The maximum absolute atomic E-state index is 12.7. The molecule has 0 saturated heterocycles. The Labute approximate surface area is 164 Å². The Morgan fingerprint density at radius 2 is 2.04 bits per heavy atom. The summed E-state index contributed by atoms with van der Waals surface area (Å²) in [6, 6.07) is 2.32. The number of benzene rings is 1. The molecule has 1 aromatic heterocycles. The van der Waals surface area contributed by atoms with E-state index in [9.17, 15) is 28.1 Å². The van der Waals surface area contributed by atoms with Gasteiger partial charge in [0.05, 0.1) is 21.1 Å². The molecule has 1 N–H and O–H groups in total. The van der Waals surface area contributed by atoms with Gasteiger partial charge in [-0.25, -0.2) is 0 Å². The molecule has 0 aliphatic heterocycles. The third kappa shape index (κ3) is 6.36. The Hall–Kier alpha value is -1.86. The zero-order valence-corrected chi connectivity index (χ0v) is 16.2. The highest BCUT2D eigenvalue weighted by molar-refractivity contribution is 8.03. The van der Waals surface area contributed by atoms with Crippen LogP contribution in [0.25, 0.3) is 0 Å². The summed E-state index contributed by atoms with van der Waals surface area (Å²) in [6.07, 6.45) is -3.85. The van der Waals surface area contributed by atoms with E-state index in [0.29, 0.717) is 21.3 Å². The summed E-state index contributed by atoms with van der Waals surface area (Å²) in [6.45, 7) is 2.51. The van der Waals surface area contributed by atoms with Crippen LogP contribution in [0.4, 0.5) is 18.9 Å². The van der Waals surface area contributed by atoms with Crippen molar-refractivity contribution in [1.82, 2.24) is 15.5 Å². The first-order chi connectivity index (χ1) is 12.7. The molecule has 1 aromatic carbocycles. The number of hydrogen-bond acceptors (Lipinski definition) is 8. The predicted octanol–water partition coefficient (Wildman–Crippen LogP) is 4.23. The molecule has 0 fully saturated rings. The second-order valence-corrected chi connectivity index (χ2v) is 8.50. The van der Waals surface area contributed by atoms with Gasteiger partial charge < -0.3 is 5.32 Å². The van der Waals surface area contributed by atoms with Gasteiger partial charge >= 0.3 is 6.18 Å². The quantitative estimate of drug-likeness (QED) is 0.374. The molecule has 146 valence electrons. The first-order valence-corrected chi connectivity index (χ1v) is 10.1. The van der Waals surface area contributed by atoms with Crippen molar-refractivity contribution in [1.29, 1.82) is 0 Å². The highest BCUT2D eigenvalue weighted by Crippen LogP contribution is 2.40. The van der Waals surface area contributed by atoms with Gasteiger partial charge in [-0.2, -0.15) is 13.2 Å². The Bertz CT molecular complexity index is 829. The summed E-state index contributed by atoms with van der Waals surface area (Å²) in [5.74, 6) is 0.00402. The van der Waals surface area contributed by atoms with E-state index in [1.807, 2.05) is 6.92 Å². The lowest BCUT2D eigenvalue weighted by Gasteiger charge is -2.07. The van der Waals surface area contributed by atoms with Gasteiger partial charge in [-0.1, -0.05) is 41.8 Å². The fourth-order valence-electron chi connectivity index (χ4n) is 1.76. The maximum atomic E-state index is 12.7. The van der Waals surface area contributed by atoms with Crippen molar-refractivity contribution in [2.45, 2.75) is 33.1 Å². The SMILES string of the molecule is CCCNC(=O)CSc1nnc(Sc2ccc(C(F)(F)F)cc2[N+](=O)[O-])s1. The van der Waals surface area contributed by atoms with Crippen molar-refractivity contribution >= 4 is 46.5 Å². The molecule has 0 aliphatic rings. The summed E-state index contributed by atoms with van der Waals surface area (Å²) in [5, 5.41) is 21.5. The summed E-state index contributed by atoms with van der Waals surface area (Å²) < 4.78 is 39.0. The molecule has 0 spiro atoms. The van der Waals surface area contributed by atoms with Crippen molar-refractivity contribution < 1.29 is 22.9 Å². The number of aromatic nitrogens is 2. The molecule has 0 atom stereocenters. The number of halogens is 3. The number of nitrogens with one attached hydrogen (secondary N) is 1. The zero-order chi connectivity index (χ0) is 20.0. The number of alkyl halides is 3. The zero-order valence-electron chi connectivity index (χ0n) is 13.8. The summed E-state index contributed by atoms with van der Waals surface area (Å²) in [5.41, 5.74) is -1.75. The first kappa shape index (κ1) is 21.4.